The van der Waals surface area contributed by atoms with Gasteiger partial charge in [-0.3, -0.25) is 0 Å². The summed E-state index contributed by atoms with van der Waals surface area (Å²) >= 11 is 0. The number of hydrogen-bond acceptors (Lipinski definition) is 3. The van der Waals surface area contributed by atoms with Gasteiger partial charge in [-0.2, -0.15) is 0 Å². The van der Waals surface area contributed by atoms with Gasteiger partial charge in [-0.1, -0.05) is 129 Å². The van der Waals surface area contributed by atoms with Crippen LogP contribution in [-0.2, 0) is 5.41 Å². The molecule has 0 spiro atoms. The lowest BCUT2D eigenvalue weighted by atomic mass is 9.82. The smallest absolute Gasteiger partial charge is 0.164 e. The van der Waals surface area contributed by atoms with Crippen molar-refractivity contribution in [3.05, 3.63) is 199 Å². The lowest BCUT2D eigenvalue weighted by Crippen LogP contribution is -2.15. The van der Waals surface area contributed by atoms with E-state index in [1.54, 1.807) is 0 Å². The molecule has 0 N–H and O–H groups in total. The van der Waals surface area contributed by atoms with Crippen molar-refractivity contribution in [1.29, 1.82) is 0 Å². The van der Waals surface area contributed by atoms with Gasteiger partial charge >= 0.3 is 0 Å². The Balaban J connectivity index is 1.02. The van der Waals surface area contributed by atoms with Gasteiger partial charge in [-0.25, -0.2) is 15.0 Å². The Morgan fingerprint density at radius 2 is 0.746 bits per heavy atom. The highest BCUT2D eigenvalue weighted by atomic mass is 15.0. The van der Waals surface area contributed by atoms with Crippen LogP contribution < -0.4 is 0 Å². The van der Waals surface area contributed by atoms with Crippen LogP contribution >= 0.6 is 0 Å². The predicted octanol–water partition coefficient (Wildman–Crippen LogP) is 13.4. The SMILES string of the molecule is CC1(C)c2cc3c4ccccc4n(-c4ccccc4)c3cc2-c2cc3c4ccccc4n(-c4ccc(-c5nc(-c6ccccc6)nc(-c6ccccc6)n5)cc4)c3cc21. The minimum atomic E-state index is -0.209. The number of benzene rings is 8. The summed E-state index contributed by atoms with van der Waals surface area (Å²) in [6.07, 6.45) is 0. The third-order valence-electron chi connectivity index (χ3n) is 12.4. The molecule has 0 atom stereocenters. The summed E-state index contributed by atoms with van der Waals surface area (Å²) in [4.78, 5) is 14.9. The molecule has 5 heteroatoms. The topological polar surface area (TPSA) is 48.5 Å². The van der Waals surface area contributed by atoms with Crippen molar-refractivity contribution in [3.8, 4) is 56.7 Å². The molecule has 0 saturated carbocycles. The van der Waals surface area contributed by atoms with Gasteiger partial charge in [0.05, 0.1) is 22.1 Å². The number of nitrogens with zero attached hydrogens (tertiary/aromatic N) is 5. The fraction of sp³-hybridized carbons (Fsp3) is 0.0556. The molecule has 3 heterocycles. The average molecular weight is 756 g/mol. The Morgan fingerprint density at radius 3 is 1.31 bits per heavy atom. The summed E-state index contributed by atoms with van der Waals surface area (Å²) in [7, 11) is 0. The highest BCUT2D eigenvalue weighted by molar-refractivity contribution is 6.14. The van der Waals surface area contributed by atoms with E-state index in [-0.39, 0.29) is 5.41 Å². The first kappa shape index (κ1) is 33.5. The Bertz CT molecular complexity index is 3380. The van der Waals surface area contributed by atoms with E-state index in [1.165, 1.54) is 71.6 Å². The predicted molar refractivity (Wildman–Crippen MR) is 242 cm³/mol. The molecular formula is C54H37N5. The molecule has 0 unspecified atom stereocenters. The van der Waals surface area contributed by atoms with Crippen LogP contribution in [0.1, 0.15) is 25.0 Å². The molecule has 1 aliphatic rings. The maximum absolute atomic E-state index is 4.99. The van der Waals surface area contributed by atoms with Crippen LogP contribution in [0.15, 0.2) is 188 Å². The maximum Gasteiger partial charge on any atom is 0.164 e. The van der Waals surface area contributed by atoms with Gasteiger partial charge in [-0.05, 0) is 95.1 Å². The van der Waals surface area contributed by atoms with E-state index in [0.717, 1.165) is 22.4 Å². The molecule has 278 valence electrons. The maximum atomic E-state index is 4.99. The Labute approximate surface area is 341 Å². The zero-order chi connectivity index (χ0) is 39.2. The highest BCUT2D eigenvalue weighted by Crippen LogP contribution is 2.53. The van der Waals surface area contributed by atoms with Crippen molar-refractivity contribution in [3.63, 3.8) is 0 Å². The van der Waals surface area contributed by atoms with Gasteiger partial charge in [0.1, 0.15) is 0 Å². The molecule has 1 aliphatic carbocycles. The van der Waals surface area contributed by atoms with Gasteiger partial charge in [0.25, 0.3) is 0 Å². The fourth-order valence-corrected chi connectivity index (χ4v) is 9.49. The number of fused-ring (bicyclic) bond motifs is 9. The van der Waals surface area contributed by atoms with Crippen LogP contribution in [0.4, 0.5) is 0 Å². The van der Waals surface area contributed by atoms with E-state index >= 15 is 0 Å². The number of para-hydroxylation sites is 3. The van der Waals surface area contributed by atoms with Crippen LogP contribution in [0.25, 0.3) is 100 Å². The van der Waals surface area contributed by atoms with E-state index in [4.69, 9.17) is 15.0 Å². The van der Waals surface area contributed by atoms with Gasteiger partial charge in [-0.15, -0.1) is 0 Å². The second kappa shape index (κ2) is 12.7. The quantitative estimate of drug-likeness (QED) is 0.176. The molecule has 0 saturated heterocycles. The minimum Gasteiger partial charge on any atom is -0.309 e. The van der Waals surface area contributed by atoms with E-state index in [9.17, 15) is 0 Å². The fourth-order valence-electron chi connectivity index (χ4n) is 9.49. The van der Waals surface area contributed by atoms with Crippen molar-refractivity contribution < 1.29 is 0 Å². The zero-order valence-corrected chi connectivity index (χ0v) is 32.6. The summed E-state index contributed by atoms with van der Waals surface area (Å²) in [5.74, 6) is 1.95. The first-order chi connectivity index (χ1) is 29.0. The van der Waals surface area contributed by atoms with Crippen molar-refractivity contribution >= 4 is 43.6 Å². The first-order valence-corrected chi connectivity index (χ1v) is 20.2. The minimum absolute atomic E-state index is 0.209. The largest absolute Gasteiger partial charge is 0.309 e. The molecule has 0 bridgehead atoms. The highest BCUT2D eigenvalue weighted by Gasteiger charge is 2.37. The lowest BCUT2D eigenvalue weighted by molar-refractivity contribution is 0.662. The molecule has 11 aromatic rings. The van der Waals surface area contributed by atoms with Crippen molar-refractivity contribution in [2.75, 3.05) is 0 Å². The molecular weight excluding hydrogens is 719 g/mol. The van der Waals surface area contributed by atoms with E-state index in [1.807, 2.05) is 60.7 Å². The van der Waals surface area contributed by atoms with Crippen molar-refractivity contribution in [1.82, 2.24) is 24.1 Å². The summed E-state index contributed by atoms with van der Waals surface area (Å²) in [6, 6.07) is 67.1. The number of rotatable bonds is 5. The summed E-state index contributed by atoms with van der Waals surface area (Å²) < 4.78 is 4.84. The summed E-state index contributed by atoms with van der Waals surface area (Å²) in [6.45, 7) is 4.77. The van der Waals surface area contributed by atoms with E-state index in [0.29, 0.717) is 17.5 Å². The summed E-state index contributed by atoms with van der Waals surface area (Å²) in [5.41, 5.74) is 15.0. The molecule has 5 nitrogen and oxygen atoms in total. The molecule has 0 radical (unpaired) electrons. The van der Waals surface area contributed by atoms with Crippen molar-refractivity contribution in [2.45, 2.75) is 19.3 Å². The molecule has 12 rings (SSSR count). The van der Waals surface area contributed by atoms with Crippen LogP contribution in [0.5, 0.6) is 0 Å². The zero-order valence-electron chi connectivity index (χ0n) is 32.6. The van der Waals surface area contributed by atoms with Crippen molar-refractivity contribution in [2.24, 2.45) is 0 Å². The molecule has 0 amide bonds. The Hall–Kier alpha value is -7.63. The van der Waals surface area contributed by atoms with Gasteiger partial charge in [0.15, 0.2) is 17.5 Å². The second-order valence-corrected chi connectivity index (χ2v) is 16.1. The van der Waals surface area contributed by atoms with Crippen LogP contribution in [0.3, 0.4) is 0 Å². The molecule has 8 aromatic carbocycles. The van der Waals surface area contributed by atoms with Crippen LogP contribution in [0.2, 0.25) is 0 Å². The van der Waals surface area contributed by atoms with E-state index < -0.39 is 0 Å². The standard InChI is InChI=1S/C54H37N5/c1-54(2)45-31-44-40-23-13-15-25-48(40)58(37-20-10-5-11-21-37)49(44)32-42(45)41-30-43-39-22-12-14-24-47(39)59(50(43)33-46(41)54)38-28-26-36(27-29-38)53-56-51(34-16-6-3-7-17-34)55-52(57-53)35-18-8-4-9-19-35/h3-33H,1-2H3. The number of aromatic nitrogens is 5. The molecule has 59 heavy (non-hydrogen) atoms. The third-order valence-corrected chi connectivity index (χ3v) is 12.4. The van der Waals surface area contributed by atoms with Gasteiger partial charge in [0, 0.05) is 55.0 Å². The van der Waals surface area contributed by atoms with Gasteiger partial charge < -0.3 is 9.13 Å². The monoisotopic (exact) mass is 755 g/mol. The third kappa shape index (κ3) is 5.08. The Morgan fingerprint density at radius 1 is 0.339 bits per heavy atom. The molecule has 0 fully saturated rings. The molecule has 3 aromatic heterocycles. The average Bonchev–Trinajstić information content (AvgIpc) is 3.88. The van der Waals surface area contributed by atoms with Crippen LogP contribution in [-0.4, -0.2) is 24.1 Å². The summed E-state index contributed by atoms with van der Waals surface area (Å²) in [5, 5.41) is 5.04. The number of hydrogen-bond donors (Lipinski definition) is 0. The Kier molecular flexibility index (Phi) is 7.20. The molecule has 0 aliphatic heterocycles. The first-order valence-electron chi connectivity index (χ1n) is 20.2. The van der Waals surface area contributed by atoms with Gasteiger partial charge in [0.2, 0.25) is 0 Å². The van der Waals surface area contributed by atoms with Crippen LogP contribution in [0, 0.1) is 0 Å². The normalized spacial score (nSPS) is 13.1. The lowest BCUT2D eigenvalue weighted by Gasteiger charge is -2.22. The van der Waals surface area contributed by atoms with E-state index in [2.05, 4.69) is 150 Å². The second-order valence-electron chi connectivity index (χ2n) is 16.1.